The quantitative estimate of drug-likeness (QED) is 0.870. The van der Waals surface area contributed by atoms with Gasteiger partial charge in [0.1, 0.15) is 11.6 Å². The summed E-state index contributed by atoms with van der Waals surface area (Å²) in [7, 11) is 0. The summed E-state index contributed by atoms with van der Waals surface area (Å²) in [6.45, 7) is 6.19. The van der Waals surface area contributed by atoms with Gasteiger partial charge in [0.05, 0.1) is 0 Å². The number of thioether (sulfide) groups is 1. The van der Waals surface area contributed by atoms with Gasteiger partial charge in [-0.1, -0.05) is 32.4 Å². The molecule has 0 spiro atoms. The predicted molar refractivity (Wildman–Crippen MR) is 82.3 cm³/mol. The number of Topliss-reactive ketones (excluding diaryl/α,β-unsaturated/α-hetero) is 1. The van der Waals surface area contributed by atoms with Gasteiger partial charge in [-0.25, -0.2) is 4.98 Å². The first-order valence-electron chi connectivity index (χ1n) is 6.20. The van der Waals surface area contributed by atoms with Crippen LogP contribution in [0.1, 0.15) is 42.2 Å². The number of hydrogen-bond donors (Lipinski definition) is 1. The van der Waals surface area contributed by atoms with Crippen molar-refractivity contribution >= 4 is 29.1 Å². The van der Waals surface area contributed by atoms with E-state index in [1.807, 2.05) is 0 Å². The number of aromatic nitrogens is 3. The maximum Gasteiger partial charge on any atom is 0.183 e. The number of H-pyrrole nitrogens is 1. The number of carbonyl (C=O) groups excluding carboxylic acids is 1. The Bertz CT molecular complexity index is 575. The summed E-state index contributed by atoms with van der Waals surface area (Å²) in [6, 6.07) is 6.89. The first-order valence-corrected chi connectivity index (χ1v) is 7.46. The van der Waals surface area contributed by atoms with Crippen LogP contribution in [0.2, 0.25) is 5.02 Å². The van der Waals surface area contributed by atoms with Gasteiger partial charge in [-0.05, 0) is 24.3 Å². The van der Waals surface area contributed by atoms with E-state index >= 15 is 0 Å². The molecule has 1 atom stereocenters. The fraction of sp³-hybridized carbons (Fsp3) is 0.357. The summed E-state index contributed by atoms with van der Waals surface area (Å²) in [6.07, 6.45) is 1.49. The number of halogens is 1. The van der Waals surface area contributed by atoms with Gasteiger partial charge in [0.25, 0.3) is 0 Å². The van der Waals surface area contributed by atoms with E-state index in [9.17, 15) is 4.79 Å². The summed E-state index contributed by atoms with van der Waals surface area (Å²) >= 11 is 7.39. The SMILES string of the molecule is CC(C)(C)SC(C(=O)c1ccc(Cl)cc1)c1nc[nH]n1. The Morgan fingerprint density at radius 1 is 1.30 bits per heavy atom. The molecule has 0 aliphatic rings. The molecular formula is C14H16ClN3OS. The van der Waals surface area contributed by atoms with Gasteiger partial charge < -0.3 is 0 Å². The standard InChI is InChI=1S/C14H16ClN3OS/c1-14(2,3)20-12(13-16-8-17-18-13)11(19)9-4-6-10(15)7-5-9/h4-8,12H,1-3H3,(H,16,17,18). The molecule has 0 fully saturated rings. The van der Waals surface area contributed by atoms with Crippen LogP contribution in [-0.2, 0) is 0 Å². The van der Waals surface area contributed by atoms with Crippen LogP contribution in [0, 0.1) is 0 Å². The van der Waals surface area contributed by atoms with Crippen LogP contribution in [0.3, 0.4) is 0 Å². The van der Waals surface area contributed by atoms with Gasteiger partial charge in [-0.15, -0.1) is 11.8 Å². The number of hydrogen-bond acceptors (Lipinski definition) is 4. The molecule has 2 rings (SSSR count). The smallest absolute Gasteiger partial charge is 0.183 e. The van der Waals surface area contributed by atoms with Crippen molar-refractivity contribution in [3.05, 3.63) is 47.0 Å². The Balaban J connectivity index is 2.31. The zero-order chi connectivity index (χ0) is 14.8. The van der Waals surface area contributed by atoms with Crippen molar-refractivity contribution in [2.24, 2.45) is 0 Å². The van der Waals surface area contributed by atoms with E-state index in [0.29, 0.717) is 16.4 Å². The van der Waals surface area contributed by atoms with Crippen molar-refractivity contribution in [1.29, 1.82) is 0 Å². The lowest BCUT2D eigenvalue weighted by atomic mass is 10.1. The molecule has 0 bridgehead atoms. The fourth-order valence-corrected chi connectivity index (χ4v) is 2.98. The second-order valence-electron chi connectivity index (χ2n) is 5.34. The Morgan fingerprint density at radius 3 is 2.45 bits per heavy atom. The molecule has 0 amide bonds. The number of rotatable bonds is 4. The number of nitrogens with zero attached hydrogens (tertiary/aromatic N) is 2. The van der Waals surface area contributed by atoms with E-state index in [4.69, 9.17) is 11.6 Å². The minimum atomic E-state index is -0.428. The molecule has 1 aromatic carbocycles. The third kappa shape index (κ3) is 3.84. The van der Waals surface area contributed by atoms with Crippen molar-refractivity contribution in [2.75, 3.05) is 0 Å². The van der Waals surface area contributed by atoms with Crippen molar-refractivity contribution in [2.45, 2.75) is 30.8 Å². The molecule has 20 heavy (non-hydrogen) atoms. The van der Waals surface area contributed by atoms with Gasteiger partial charge >= 0.3 is 0 Å². The van der Waals surface area contributed by atoms with Crippen LogP contribution in [-0.4, -0.2) is 25.7 Å². The van der Waals surface area contributed by atoms with E-state index in [0.717, 1.165) is 0 Å². The zero-order valence-corrected chi connectivity index (χ0v) is 13.1. The molecule has 106 valence electrons. The van der Waals surface area contributed by atoms with E-state index in [2.05, 4.69) is 36.0 Å². The summed E-state index contributed by atoms with van der Waals surface area (Å²) in [5, 5.41) is 6.91. The highest BCUT2D eigenvalue weighted by molar-refractivity contribution is 8.01. The first-order chi connectivity index (χ1) is 9.37. The van der Waals surface area contributed by atoms with E-state index in [1.165, 1.54) is 18.1 Å². The average Bonchev–Trinajstić information content (AvgIpc) is 2.89. The maximum absolute atomic E-state index is 12.7. The second kappa shape index (κ2) is 5.97. The van der Waals surface area contributed by atoms with Crippen LogP contribution >= 0.6 is 23.4 Å². The highest BCUT2D eigenvalue weighted by atomic mass is 35.5. The lowest BCUT2D eigenvalue weighted by Gasteiger charge is -2.23. The molecule has 0 aliphatic carbocycles. The van der Waals surface area contributed by atoms with E-state index < -0.39 is 5.25 Å². The first kappa shape index (κ1) is 15.1. The van der Waals surface area contributed by atoms with Crippen molar-refractivity contribution in [3.63, 3.8) is 0 Å². The van der Waals surface area contributed by atoms with E-state index in [-0.39, 0.29) is 10.5 Å². The van der Waals surface area contributed by atoms with Crippen LogP contribution in [0.15, 0.2) is 30.6 Å². The summed E-state index contributed by atoms with van der Waals surface area (Å²) in [4.78, 5) is 16.8. The minimum absolute atomic E-state index is 0.0128. The number of nitrogens with one attached hydrogen (secondary N) is 1. The molecule has 0 saturated heterocycles. The molecule has 1 aromatic heterocycles. The van der Waals surface area contributed by atoms with Gasteiger partial charge in [0.15, 0.2) is 11.6 Å². The molecular weight excluding hydrogens is 294 g/mol. The molecule has 0 aliphatic heterocycles. The van der Waals surface area contributed by atoms with Crippen LogP contribution in [0.4, 0.5) is 0 Å². The zero-order valence-electron chi connectivity index (χ0n) is 11.6. The molecule has 2 aromatic rings. The van der Waals surface area contributed by atoms with Gasteiger partial charge in [-0.2, -0.15) is 5.10 Å². The van der Waals surface area contributed by atoms with Gasteiger partial charge in [0, 0.05) is 15.3 Å². The van der Waals surface area contributed by atoms with Gasteiger partial charge in [0.2, 0.25) is 0 Å². The fourth-order valence-electron chi connectivity index (χ4n) is 1.69. The Labute approximate surface area is 127 Å². The third-order valence-electron chi connectivity index (χ3n) is 2.51. The third-order valence-corrected chi connectivity index (χ3v) is 4.13. The highest BCUT2D eigenvalue weighted by Crippen LogP contribution is 2.39. The molecule has 6 heteroatoms. The largest absolute Gasteiger partial charge is 0.292 e. The molecule has 0 radical (unpaired) electrons. The van der Waals surface area contributed by atoms with Crippen molar-refractivity contribution in [1.82, 2.24) is 15.2 Å². The summed E-state index contributed by atoms with van der Waals surface area (Å²) in [5.74, 6) is 0.492. The number of ketones is 1. The lowest BCUT2D eigenvalue weighted by molar-refractivity contribution is 0.0987. The second-order valence-corrected chi connectivity index (χ2v) is 7.71. The van der Waals surface area contributed by atoms with Crippen molar-refractivity contribution < 1.29 is 4.79 Å². The van der Waals surface area contributed by atoms with Crippen molar-refractivity contribution in [3.8, 4) is 0 Å². The number of carbonyl (C=O) groups is 1. The normalized spacial score (nSPS) is 13.2. The summed E-state index contributed by atoms with van der Waals surface area (Å²) < 4.78 is -0.0760. The molecule has 1 heterocycles. The monoisotopic (exact) mass is 309 g/mol. The molecule has 4 nitrogen and oxygen atoms in total. The Hall–Kier alpha value is -1.33. The van der Waals surface area contributed by atoms with Crippen LogP contribution < -0.4 is 0 Å². The Kier molecular flexibility index (Phi) is 4.50. The molecule has 0 saturated carbocycles. The average molecular weight is 310 g/mol. The lowest BCUT2D eigenvalue weighted by Crippen LogP contribution is -2.19. The number of aromatic amines is 1. The Morgan fingerprint density at radius 2 is 1.95 bits per heavy atom. The number of benzene rings is 1. The topological polar surface area (TPSA) is 58.6 Å². The van der Waals surface area contributed by atoms with Gasteiger partial charge in [-0.3, -0.25) is 9.89 Å². The summed E-state index contributed by atoms with van der Waals surface area (Å²) in [5.41, 5.74) is 0.612. The van der Waals surface area contributed by atoms with Crippen LogP contribution in [0.25, 0.3) is 0 Å². The minimum Gasteiger partial charge on any atom is -0.292 e. The van der Waals surface area contributed by atoms with Crippen LogP contribution in [0.5, 0.6) is 0 Å². The molecule has 1 N–H and O–H groups in total. The molecule has 1 unspecified atom stereocenters. The van der Waals surface area contributed by atoms with E-state index in [1.54, 1.807) is 24.3 Å². The maximum atomic E-state index is 12.7. The highest BCUT2D eigenvalue weighted by Gasteiger charge is 2.30. The predicted octanol–water partition coefficient (Wildman–Crippen LogP) is 3.91.